The molecule has 4 unspecified atom stereocenters. The fraction of sp³-hybridized carbons (Fsp3) is 0.308. The number of aliphatic hydroxyl groups excluding tert-OH is 1. The van der Waals surface area contributed by atoms with Crippen LogP contribution in [0.15, 0.2) is 78.9 Å². The number of aromatic hydroxyl groups is 2. The van der Waals surface area contributed by atoms with Crippen LogP contribution in [0.5, 0.6) is 11.5 Å². The highest BCUT2D eigenvalue weighted by molar-refractivity contribution is 5.39. The third-order valence-electron chi connectivity index (χ3n) is 6.56. The molecule has 0 saturated heterocycles. The second-order valence-electron chi connectivity index (χ2n) is 8.24. The largest absolute Gasteiger partial charge is 0.508 e. The van der Waals surface area contributed by atoms with Gasteiger partial charge in [0.15, 0.2) is 0 Å². The summed E-state index contributed by atoms with van der Waals surface area (Å²) in [6.45, 7) is 4.46. The van der Waals surface area contributed by atoms with E-state index in [-0.39, 0.29) is 29.9 Å². The first-order valence-corrected chi connectivity index (χ1v) is 10.4. The Bertz CT molecular complexity index is 925. The van der Waals surface area contributed by atoms with E-state index in [1.165, 1.54) is 0 Å². The molecule has 4 heteroatoms. The highest BCUT2D eigenvalue weighted by Gasteiger charge is 2.44. The van der Waals surface area contributed by atoms with Crippen molar-refractivity contribution in [1.29, 1.82) is 0 Å². The molecule has 0 heterocycles. The predicted octanol–water partition coefficient (Wildman–Crippen LogP) is 4.34. The van der Waals surface area contributed by atoms with Gasteiger partial charge in [0, 0.05) is 17.9 Å². The van der Waals surface area contributed by atoms with Gasteiger partial charge in [-0.2, -0.15) is 0 Å². The molecule has 4 nitrogen and oxygen atoms in total. The van der Waals surface area contributed by atoms with E-state index in [0.29, 0.717) is 6.42 Å². The summed E-state index contributed by atoms with van der Waals surface area (Å²) in [6.07, 6.45) is -0.0393. The Kier molecular flexibility index (Phi) is 6.80. The Labute approximate surface area is 178 Å². The Morgan fingerprint density at radius 1 is 0.833 bits per heavy atom. The summed E-state index contributed by atoms with van der Waals surface area (Å²) in [5.74, 6) is 0.272. The number of benzene rings is 3. The molecule has 5 N–H and O–H groups in total. The lowest BCUT2D eigenvalue weighted by Gasteiger charge is -2.45. The summed E-state index contributed by atoms with van der Waals surface area (Å²) in [5, 5.41) is 30.6. The van der Waals surface area contributed by atoms with Gasteiger partial charge in [-0.1, -0.05) is 68.4 Å². The molecule has 0 bridgehead atoms. The number of aliphatic hydroxyl groups is 1. The number of nitrogens with two attached hydrogens (primary N) is 1. The maximum Gasteiger partial charge on any atom is 0.115 e. The maximum absolute atomic E-state index is 11.1. The third-order valence-corrected chi connectivity index (χ3v) is 6.56. The lowest BCUT2D eigenvalue weighted by molar-refractivity contribution is 0.0575. The van der Waals surface area contributed by atoms with Gasteiger partial charge in [0.25, 0.3) is 0 Å². The summed E-state index contributed by atoms with van der Waals surface area (Å²) in [4.78, 5) is 0. The van der Waals surface area contributed by atoms with Crippen molar-refractivity contribution in [2.24, 2.45) is 11.7 Å². The monoisotopic (exact) mass is 405 g/mol. The van der Waals surface area contributed by atoms with Crippen LogP contribution in [-0.2, 0) is 11.8 Å². The third kappa shape index (κ3) is 4.50. The highest BCUT2D eigenvalue weighted by Crippen LogP contribution is 2.47. The van der Waals surface area contributed by atoms with Crippen LogP contribution in [0, 0.1) is 5.92 Å². The first-order chi connectivity index (χ1) is 14.4. The quantitative estimate of drug-likeness (QED) is 0.449. The molecule has 3 rings (SSSR count). The molecule has 0 aromatic heterocycles. The van der Waals surface area contributed by atoms with E-state index in [4.69, 9.17) is 5.73 Å². The molecule has 30 heavy (non-hydrogen) atoms. The van der Waals surface area contributed by atoms with Crippen LogP contribution in [0.1, 0.15) is 36.5 Å². The number of hydrogen-bond donors (Lipinski definition) is 4. The molecule has 3 aromatic rings. The van der Waals surface area contributed by atoms with Gasteiger partial charge in [-0.05, 0) is 53.3 Å². The average molecular weight is 406 g/mol. The number of phenols is 2. The van der Waals surface area contributed by atoms with Crippen LogP contribution in [0.3, 0.4) is 0 Å². The summed E-state index contributed by atoms with van der Waals surface area (Å²) in [7, 11) is 0. The summed E-state index contributed by atoms with van der Waals surface area (Å²) < 4.78 is 0. The second-order valence-corrected chi connectivity index (χ2v) is 8.24. The lowest BCUT2D eigenvalue weighted by atomic mass is 9.59. The smallest absolute Gasteiger partial charge is 0.115 e. The fourth-order valence-corrected chi connectivity index (χ4v) is 4.49. The van der Waals surface area contributed by atoms with Gasteiger partial charge >= 0.3 is 0 Å². The number of hydrogen-bond acceptors (Lipinski definition) is 4. The fourth-order valence-electron chi connectivity index (χ4n) is 4.49. The topological polar surface area (TPSA) is 86.7 Å². The highest BCUT2D eigenvalue weighted by atomic mass is 16.3. The van der Waals surface area contributed by atoms with Crippen molar-refractivity contribution in [2.75, 3.05) is 6.54 Å². The van der Waals surface area contributed by atoms with Crippen molar-refractivity contribution in [3.8, 4) is 11.5 Å². The van der Waals surface area contributed by atoms with E-state index < -0.39 is 11.5 Å². The van der Waals surface area contributed by atoms with Crippen LogP contribution in [0.4, 0.5) is 0 Å². The van der Waals surface area contributed by atoms with E-state index in [9.17, 15) is 15.3 Å². The van der Waals surface area contributed by atoms with E-state index in [0.717, 1.165) is 16.7 Å². The van der Waals surface area contributed by atoms with Crippen molar-refractivity contribution in [2.45, 2.75) is 37.7 Å². The van der Waals surface area contributed by atoms with Crippen molar-refractivity contribution in [1.82, 2.24) is 0 Å². The molecule has 4 atom stereocenters. The Hall–Kier alpha value is -2.82. The summed E-state index contributed by atoms with van der Waals surface area (Å²) in [5.41, 5.74) is 8.69. The zero-order chi connectivity index (χ0) is 21.7. The van der Waals surface area contributed by atoms with Gasteiger partial charge in [0.2, 0.25) is 0 Å². The van der Waals surface area contributed by atoms with Crippen molar-refractivity contribution in [3.63, 3.8) is 0 Å². The average Bonchev–Trinajstić information content (AvgIpc) is 2.77. The van der Waals surface area contributed by atoms with Crippen molar-refractivity contribution in [3.05, 3.63) is 95.6 Å². The van der Waals surface area contributed by atoms with Crippen LogP contribution in [-0.4, -0.2) is 28.0 Å². The molecule has 0 aliphatic rings. The molecule has 0 amide bonds. The number of rotatable bonds is 8. The normalized spacial score (nSPS) is 16.4. The Morgan fingerprint density at radius 2 is 1.37 bits per heavy atom. The molecular weight excluding hydrogens is 374 g/mol. The van der Waals surface area contributed by atoms with Gasteiger partial charge in [0.1, 0.15) is 11.5 Å². The minimum absolute atomic E-state index is 0.0116. The van der Waals surface area contributed by atoms with E-state index in [1.807, 2.05) is 42.5 Å². The zero-order valence-corrected chi connectivity index (χ0v) is 17.6. The minimum Gasteiger partial charge on any atom is -0.508 e. The summed E-state index contributed by atoms with van der Waals surface area (Å²) >= 11 is 0. The van der Waals surface area contributed by atoms with Gasteiger partial charge < -0.3 is 21.1 Å². The molecule has 158 valence electrons. The van der Waals surface area contributed by atoms with E-state index in [1.54, 1.807) is 24.3 Å². The maximum atomic E-state index is 11.1. The van der Waals surface area contributed by atoms with Crippen LogP contribution >= 0.6 is 0 Å². The van der Waals surface area contributed by atoms with Crippen LogP contribution < -0.4 is 5.73 Å². The molecule has 0 saturated carbocycles. The van der Waals surface area contributed by atoms with Crippen molar-refractivity contribution >= 4 is 0 Å². The Morgan fingerprint density at radius 3 is 1.90 bits per heavy atom. The SMILES string of the molecule is CC(c1ccc(O)cc1)C(C)(c1ccc(O)cc1)C(Cc1ccccc1)C(O)CN. The molecule has 0 aliphatic carbocycles. The Balaban J connectivity index is 2.14. The first kappa shape index (κ1) is 21.9. The van der Waals surface area contributed by atoms with Gasteiger partial charge in [0.05, 0.1) is 6.10 Å². The first-order valence-electron chi connectivity index (χ1n) is 10.4. The predicted molar refractivity (Wildman–Crippen MR) is 121 cm³/mol. The van der Waals surface area contributed by atoms with Gasteiger partial charge in [-0.15, -0.1) is 0 Å². The molecular formula is C26H31NO3. The standard InChI is InChI=1S/C26H31NO3/c1-18(20-8-12-22(28)13-9-20)26(2,21-10-14-23(29)15-11-21)24(25(30)17-27)16-19-6-4-3-5-7-19/h3-15,18,24-25,28-30H,16-17,27H2,1-2H3. The second kappa shape index (κ2) is 9.33. The molecule has 0 aliphatic heterocycles. The van der Waals surface area contributed by atoms with E-state index in [2.05, 4.69) is 26.0 Å². The summed E-state index contributed by atoms with van der Waals surface area (Å²) in [6, 6.07) is 24.6. The van der Waals surface area contributed by atoms with Crippen molar-refractivity contribution < 1.29 is 15.3 Å². The molecule has 0 radical (unpaired) electrons. The molecule has 0 spiro atoms. The minimum atomic E-state index is -0.705. The van der Waals surface area contributed by atoms with E-state index >= 15 is 0 Å². The van der Waals surface area contributed by atoms with Crippen LogP contribution in [0.2, 0.25) is 0 Å². The molecule has 3 aromatic carbocycles. The van der Waals surface area contributed by atoms with Gasteiger partial charge in [-0.25, -0.2) is 0 Å². The van der Waals surface area contributed by atoms with Gasteiger partial charge in [-0.3, -0.25) is 0 Å². The lowest BCUT2D eigenvalue weighted by Crippen LogP contribution is -2.47. The zero-order valence-electron chi connectivity index (χ0n) is 17.6. The number of phenolic OH excluding ortho intramolecular Hbond substituents is 2. The molecule has 0 fully saturated rings. The van der Waals surface area contributed by atoms with Crippen LogP contribution in [0.25, 0.3) is 0 Å².